The van der Waals surface area contributed by atoms with Crippen molar-refractivity contribution in [1.29, 1.82) is 0 Å². The molecule has 0 aliphatic rings. The van der Waals surface area contributed by atoms with Crippen LogP contribution in [-0.4, -0.2) is 0 Å². The van der Waals surface area contributed by atoms with E-state index in [0.29, 0.717) is 0 Å². The van der Waals surface area contributed by atoms with E-state index in [4.69, 9.17) is 0 Å². The summed E-state index contributed by atoms with van der Waals surface area (Å²) in [4.78, 5) is 0. The standard InChI is InChI=1S/C17H36/c1-6-8-9-13-17(16(5)11-7-2)14-10-12-15(3)4/h15-17H,6-14H2,1-5H3. The van der Waals surface area contributed by atoms with Crippen molar-refractivity contribution in [2.75, 3.05) is 0 Å². The number of unbranched alkanes of at least 4 members (excludes halogenated alkanes) is 2. The maximum absolute atomic E-state index is 2.48. The Morgan fingerprint density at radius 3 is 1.82 bits per heavy atom. The Morgan fingerprint density at radius 1 is 0.647 bits per heavy atom. The summed E-state index contributed by atoms with van der Waals surface area (Å²) in [6.45, 7) is 11.8. The topological polar surface area (TPSA) is 0 Å². The number of hydrogen-bond acceptors (Lipinski definition) is 0. The van der Waals surface area contributed by atoms with Gasteiger partial charge in [0.15, 0.2) is 0 Å². The van der Waals surface area contributed by atoms with Gasteiger partial charge in [-0.25, -0.2) is 0 Å². The summed E-state index contributed by atoms with van der Waals surface area (Å²) in [5.74, 6) is 2.83. The minimum Gasteiger partial charge on any atom is -0.0654 e. The fourth-order valence-corrected chi connectivity index (χ4v) is 2.85. The van der Waals surface area contributed by atoms with E-state index < -0.39 is 0 Å². The first kappa shape index (κ1) is 17.0. The van der Waals surface area contributed by atoms with Crippen LogP contribution in [0.25, 0.3) is 0 Å². The summed E-state index contributed by atoms with van der Waals surface area (Å²) in [6.07, 6.45) is 12.9. The molecule has 0 heteroatoms. The van der Waals surface area contributed by atoms with Crippen LogP contribution in [0.15, 0.2) is 0 Å². The van der Waals surface area contributed by atoms with Gasteiger partial charge in [0.05, 0.1) is 0 Å². The Kier molecular flexibility index (Phi) is 11.1. The molecule has 17 heavy (non-hydrogen) atoms. The minimum atomic E-state index is 0.882. The van der Waals surface area contributed by atoms with Crippen LogP contribution in [0.1, 0.15) is 92.4 Å². The van der Waals surface area contributed by atoms with Crippen LogP contribution in [0.2, 0.25) is 0 Å². The van der Waals surface area contributed by atoms with Gasteiger partial charge in [0.1, 0.15) is 0 Å². The molecular weight excluding hydrogens is 204 g/mol. The van der Waals surface area contributed by atoms with Crippen LogP contribution < -0.4 is 0 Å². The molecule has 0 rings (SSSR count). The smallest absolute Gasteiger partial charge is 0.0388 e. The van der Waals surface area contributed by atoms with Gasteiger partial charge in [0.2, 0.25) is 0 Å². The van der Waals surface area contributed by atoms with Gasteiger partial charge in [0.25, 0.3) is 0 Å². The van der Waals surface area contributed by atoms with E-state index in [1.807, 2.05) is 0 Å². The molecule has 0 aliphatic heterocycles. The molecule has 0 aromatic rings. The van der Waals surface area contributed by atoms with Gasteiger partial charge in [-0.3, -0.25) is 0 Å². The largest absolute Gasteiger partial charge is 0.0654 e. The molecule has 0 aromatic carbocycles. The lowest BCUT2D eigenvalue weighted by Gasteiger charge is -2.24. The first-order valence-electron chi connectivity index (χ1n) is 8.11. The zero-order valence-electron chi connectivity index (χ0n) is 13.1. The van der Waals surface area contributed by atoms with Gasteiger partial charge in [-0.1, -0.05) is 92.4 Å². The Hall–Kier alpha value is 0. The SMILES string of the molecule is CCCCCC(CCCC(C)C)C(C)CCC. The van der Waals surface area contributed by atoms with E-state index >= 15 is 0 Å². The van der Waals surface area contributed by atoms with Crippen molar-refractivity contribution >= 4 is 0 Å². The molecule has 0 amide bonds. The molecule has 0 spiro atoms. The zero-order valence-corrected chi connectivity index (χ0v) is 13.1. The highest BCUT2D eigenvalue weighted by Gasteiger charge is 2.16. The molecule has 0 heterocycles. The fraction of sp³-hybridized carbons (Fsp3) is 1.00. The highest BCUT2D eigenvalue weighted by atomic mass is 14.2. The molecule has 0 radical (unpaired) electrons. The van der Waals surface area contributed by atoms with E-state index in [2.05, 4.69) is 34.6 Å². The third kappa shape index (κ3) is 9.68. The normalized spacial score (nSPS) is 15.2. The number of rotatable bonds is 11. The predicted octanol–water partition coefficient (Wildman–Crippen LogP) is 6.45. The Bertz CT molecular complexity index is 148. The average molecular weight is 240 g/mol. The zero-order chi connectivity index (χ0) is 13.1. The van der Waals surface area contributed by atoms with Gasteiger partial charge in [0, 0.05) is 0 Å². The van der Waals surface area contributed by atoms with Crippen LogP contribution >= 0.6 is 0 Å². The average Bonchev–Trinajstić information content (AvgIpc) is 2.27. The Balaban J connectivity index is 3.91. The maximum Gasteiger partial charge on any atom is -0.0388 e. The summed E-state index contributed by atoms with van der Waals surface area (Å²) in [6, 6.07) is 0. The first-order valence-corrected chi connectivity index (χ1v) is 8.11. The summed E-state index contributed by atoms with van der Waals surface area (Å²) >= 11 is 0. The van der Waals surface area contributed by atoms with E-state index in [0.717, 1.165) is 17.8 Å². The van der Waals surface area contributed by atoms with Crippen LogP contribution in [0.4, 0.5) is 0 Å². The summed E-state index contributed by atoms with van der Waals surface area (Å²) in [7, 11) is 0. The molecule has 0 nitrogen and oxygen atoms in total. The fourth-order valence-electron chi connectivity index (χ4n) is 2.85. The van der Waals surface area contributed by atoms with Crippen molar-refractivity contribution in [2.24, 2.45) is 17.8 Å². The second kappa shape index (κ2) is 11.1. The highest BCUT2D eigenvalue weighted by molar-refractivity contribution is 4.67. The summed E-state index contributed by atoms with van der Waals surface area (Å²) in [5, 5.41) is 0. The second-order valence-corrected chi connectivity index (χ2v) is 6.35. The van der Waals surface area contributed by atoms with Crippen molar-refractivity contribution < 1.29 is 0 Å². The van der Waals surface area contributed by atoms with E-state index in [-0.39, 0.29) is 0 Å². The molecule has 0 N–H and O–H groups in total. The van der Waals surface area contributed by atoms with Crippen LogP contribution in [-0.2, 0) is 0 Å². The van der Waals surface area contributed by atoms with E-state index in [1.54, 1.807) is 0 Å². The maximum atomic E-state index is 2.48. The summed E-state index contributed by atoms with van der Waals surface area (Å²) in [5.41, 5.74) is 0. The van der Waals surface area contributed by atoms with Gasteiger partial charge < -0.3 is 0 Å². The highest BCUT2D eigenvalue weighted by Crippen LogP contribution is 2.28. The second-order valence-electron chi connectivity index (χ2n) is 6.35. The number of hydrogen-bond donors (Lipinski definition) is 0. The van der Waals surface area contributed by atoms with Crippen LogP contribution in [0, 0.1) is 17.8 Å². The molecule has 2 unspecified atom stereocenters. The molecule has 0 fully saturated rings. The minimum absolute atomic E-state index is 0.882. The van der Waals surface area contributed by atoms with Gasteiger partial charge in [-0.15, -0.1) is 0 Å². The summed E-state index contributed by atoms with van der Waals surface area (Å²) < 4.78 is 0. The lowest BCUT2D eigenvalue weighted by Crippen LogP contribution is -2.12. The third-order valence-corrected chi connectivity index (χ3v) is 4.08. The van der Waals surface area contributed by atoms with Crippen molar-refractivity contribution in [3.8, 4) is 0 Å². The Labute approximate surface area is 111 Å². The first-order chi connectivity index (χ1) is 8.11. The van der Waals surface area contributed by atoms with Crippen LogP contribution in [0.5, 0.6) is 0 Å². The predicted molar refractivity (Wildman–Crippen MR) is 80.4 cm³/mol. The van der Waals surface area contributed by atoms with E-state index in [1.165, 1.54) is 57.8 Å². The molecule has 0 aromatic heterocycles. The van der Waals surface area contributed by atoms with E-state index in [9.17, 15) is 0 Å². The molecule has 0 aliphatic carbocycles. The quantitative estimate of drug-likeness (QED) is 0.364. The molecule has 2 atom stereocenters. The lowest BCUT2D eigenvalue weighted by molar-refractivity contribution is 0.277. The van der Waals surface area contributed by atoms with Crippen molar-refractivity contribution in [2.45, 2.75) is 92.4 Å². The lowest BCUT2D eigenvalue weighted by atomic mass is 9.82. The molecule has 0 saturated carbocycles. The van der Waals surface area contributed by atoms with Gasteiger partial charge >= 0.3 is 0 Å². The third-order valence-electron chi connectivity index (χ3n) is 4.08. The van der Waals surface area contributed by atoms with Crippen molar-refractivity contribution in [1.82, 2.24) is 0 Å². The molecule has 104 valence electrons. The van der Waals surface area contributed by atoms with Gasteiger partial charge in [-0.2, -0.15) is 0 Å². The molecular formula is C17H36. The monoisotopic (exact) mass is 240 g/mol. The molecule has 0 saturated heterocycles. The Morgan fingerprint density at radius 2 is 1.29 bits per heavy atom. The molecule has 0 bridgehead atoms. The van der Waals surface area contributed by atoms with Crippen molar-refractivity contribution in [3.63, 3.8) is 0 Å². The van der Waals surface area contributed by atoms with Crippen LogP contribution in [0.3, 0.4) is 0 Å². The van der Waals surface area contributed by atoms with Gasteiger partial charge in [-0.05, 0) is 17.8 Å². The van der Waals surface area contributed by atoms with Crippen molar-refractivity contribution in [3.05, 3.63) is 0 Å².